The molecule has 8 heteroatoms. The van der Waals surface area contributed by atoms with E-state index in [1.165, 1.54) is 10.9 Å². The molecule has 1 aliphatic rings. The smallest absolute Gasteiger partial charge is 0.270 e. The Morgan fingerprint density at radius 2 is 2.04 bits per heavy atom. The van der Waals surface area contributed by atoms with E-state index in [0.717, 1.165) is 54.5 Å². The van der Waals surface area contributed by atoms with E-state index < -0.39 is 0 Å². The molecule has 130 valence electrons. The lowest BCUT2D eigenvalue weighted by Crippen LogP contribution is -2.46. The minimum Gasteiger partial charge on any atom is -0.345 e. The number of anilines is 1. The van der Waals surface area contributed by atoms with Gasteiger partial charge in [0.25, 0.3) is 5.69 Å². The van der Waals surface area contributed by atoms with Crippen molar-refractivity contribution >= 4 is 43.7 Å². The van der Waals surface area contributed by atoms with Crippen molar-refractivity contribution in [2.24, 2.45) is 0 Å². The van der Waals surface area contributed by atoms with Crippen molar-refractivity contribution in [1.29, 1.82) is 0 Å². The quantitative estimate of drug-likeness (QED) is 0.504. The van der Waals surface area contributed by atoms with Gasteiger partial charge >= 0.3 is 0 Å². The fourth-order valence-corrected chi connectivity index (χ4v) is 4.78. The second-order valence-electron chi connectivity index (χ2n) is 6.06. The van der Waals surface area contributed by atoms with E-state index in [1.54, 1.807) is 23.5 Å². The van der Waals surface area contributed by atoms with Crippen LogP contribution in [0.2, 0.25) is 0 Å². The summed E-state index contributed by atoms with van der Waals surface area (Å²) < 4.78 is 0.879. The first kappa shape index (κ1) is 16.4. The van der Waals surface area contributed by atoms with Crippen LogP contribution in [0.5, 0.6) is 0 Å². The Labute approximate surface area is 153 Å². The van der Waals surface area contributed by atoms with Gasteiger partial charge in [0.2, 0.25) is 0 Å². The fraction of sp³-hybridized carbons (Fsp3) is 0.353. The number of piperazine rings is 1. The number of thiazole rings is 1. The Kier molecular flexibility index (Phi) is 4.65. The molecule has 3 aromatic rings. The number of thiophene rings is 1. The SMILES string of the molecule is O=[N+]([O-])c1ccc2nc(N3CCN(CCc4cccs4)CC3)sc2c1. The summed E-state index contributed by atoms with van der Waals surface area (Å²) >= 11 is 3.36. The molecule has 25 heavy (non-hydrogen) atoms. The highest BCUT2D eigenvalue weighted by molar-refractivity contribution is 7.22. The van der Waals surface area contributed by atoms with Crippen molar-refractivity contribution in [1.82, 2.24) is 9.88 Å². The summed E-state index contributed by atoms with van der Waals surface area (Å²) in [5.41, 5.74) is 0.965. The number of nitro groups is 1. The summed E-state index contributed by atoms with van der Waals surface area (Å²) in [6.07, 6.45) is 1.11. The Balaban J connectivity index is 1.38. The first-order valence-corrected chi connectivity index (χ1v) is 9.93. The molecular weight excluding hydrogens is 356 g/mol. The molecule has 0 bridgehead atoms. The Hall–Kier alpha value is -2.03. The van der Waals surface area contributed by atoms with Crippen molar-refractivity contribution in [2.75, 3.05) is 37.6 Å². The van der Waals surface area contributed by atoms with Gasteiger partial charge in [-0.2, -0.15) is 0 Å². The molecule has 0 N–H and O–H groups in total. The average molecular weight is 374 g/mol. The zero-order valence-corrected chi connectivity index (χ0v) is 15.3. The highest BCUT2D eigenvalue weighted by Gasteiger charge is 2.20. The van der Waals surface area contributed by atoms with Crippen LogP contribution in [-0.4, -0.2) is 47.5 Å². The molecule has 0 amide bonds. The van der Waals surface area contributed by atoms with Crippen LogP contribution in [0, 0.1) is 10.1 Å². The second kappa shape index (κ2) is 7.07. The Morgan fingerprint density at radius 3 is 2.76 bits per heavy atom. The van der Waals surface area contributed by atoms with Gasteiger partial charge in [-0.3, -0.25) is 15.0 Å². The minimum absolute atomic E-state index is 0.126. The summed E-state index contributed by atoms with van der Waals surface area (Å²) in [4.78, 5) is 21.4. The lowest BCUT2D eigenvalue weighted by molar-refractivity contribution is -0.384. The topological polar surface area (TPSA) is 62.5 Å². The number of aromatic nitrogens is 1. The molecule has 1 saturated heterocycles. The van der Waals surface area contributed by atoms with Gasteiger partial charge in [-0.1, -0.05) is 17.4 Å². The first-order valence-electron chi connectivity index (χ1n) is 8.24. The second-order valence-corrected chi connectivity index (χ2v) is 8.10. The van der Waals surface area contributed by atoms with Crippen LogP contribution >= 0.6 is 22.7 Å². The normalized spacial score (nSPS) is 15.8. The zero-order valence-electron chi connectivity index (χ0n) is 13.6. The first-order chi connectivity index (χ1) is 12.2. The molecule has 0 radical (unpaired) electrons. The summed E-state index contributed by atoms with van der Waals surface area (Å²) in [7, 11) is 0. The predicted molar refractivity (Wildman–Crippen MR) is 103 cm³/mol. The van der Waals surface area contributed by atoms with Gasteiger partial charge in [0.15, 0.2) is 5.13 Å². The molecule has 1 aromatic carbocycles. The van der Waals surface area contributed by atoms with E-state index in [0.29, 0.717) is 0 Å². The Bertz CT molecular complexity index is 870. The van der Waals surface area contributed by atoms with Crippen LogP contribution in [-0.2, 0) is 6.42 Å². The number of nitrogens with zero attached hydrogens (tertiary/aromatic N) is 4. The maximum atomic E-state index is 10.9. The zero-order chi connectivity index (χ0) is 17.2. The van der Waals surface area contributed by atoms with Crippen molar-refractivity contribution in [2.45, 2.75) is 6.42 Å². The third kappa shape index (κ3) is 3.65. The third-order valence-electron chi connectivity index (χ3n) is 4.47. The van der Waals surface area contributed by atoms with Gasteiger partial charge in [0.05, 0.1) is 15.1 Å². The molecular formula is C17H18N4O2S2. The molecule has 0 aliphatic carbocycles. The molecule has 6 nitrogen and oxygen atoms in total. The summed E-state index contributed by atoms with van der Waals surface area (Å²) in [6.45, 7) is 5.06. The van der Waals surface area contributed by atoms with Crippen molar-refractivity contribution in [3.8, 4) is 0 Å². The number of hydrogen-bond donors (Lipinski definition) is 0. The van der Waals surface area contributed by atoms with Crippen LogP contribution in [0.3, 0.4) is 0 Å². The molecule has 0 spiro atoms. The lowest BCUT2D eigenvalue weighted by atomic mass is 10.3. The maximum absolute atomic E-state index is 10.9. The van der Waals surface area contributed by atoms with E-state index in [4.69, 9.17) is 0 Å². The molecule has 4 rings (SSSR count). The predicted octanol–water partition coefficient (Wildman–Crippen LogP) is 3.63. The Morgan fingerprint density at radius 1 is 1.20 bits per heavy atom. The number of benzene rings is 1. The van der Waals surface area contributed by atoms with Crippen LogP contribution < -0.4 is 4.90 Å². The van der Waals surface area contributed by atoms with Gasteiger partial charge in [0, 0.05) is 49.7 Å². The van der Waals surface area contributed by atoms with Gasteiger partial charge in [-0.15, -0.1) is 11.3 Å². The molecule has 3 heterocycles. The van der Waals surface area contributed by atoms with Crippen LogP contribution in [0.4, 0.5) is 10.8 Å². The van der Waals surface area contributed by atoms with E-state index in [2.05, 4.69) is 32.3 Å². The highest BCUT2D eigenvalue weighted by Crippen LogP contribution is 2.31. The van der Waals surface area contributed by atoms with Crippen LogP contribution in [0.1, 0.15) is 4.88 Å². The maximum Gasteiger partial charge on any atom is 0.270 e. The van der Waals surface area contributed by atoms with Crippen molar-refractivity contribution < 1.29 is 4.92 Å². The molecule has 1 fully saturated rings. The number of nitro benzene ring substituents is 1. The number of fused-ring (bicyclic) bond motifs is 1. The highest BCUT2D eigenvalue weighted by atomic mass is 32.1. The summed E-state index contributed by atoms with van der Waals surface area (Å²) in [6, 6.07) is 9.18. The van der Waals surface area contributed by atoms with Crippen molar-refractivity contribution in [3.05, 3.63) is 50.7 Å². The van der Waals surface area contributed by atoms with Crippen LogP contribution in [0.25, 0.3) is 10.2 Å². The summed E-state index contributed by atoms with van der Waals surface area (Å²) in [5, 5.41) is 14.0. The minimum atomic E-state index is -0.356. The van der Waals surface area contributed by atoms with Gasteiger partial charge in [-0.25, -0.2) is 4.98 Å². The molecule has 0 saturated carbocycles. The van der Waals surface area contributed by atoms with Gasteiger partial charge < -0.3 is 4.90 Å². The molecule has 1 aliphatic heterocycles. The third-order valence-corrected chi connectivity index (χ3v) is 6.48. The van der Waals surface area contributed by atoms with Gasteiger partial charge in [-0.05, 0) is 23.9 Å². The molecule has 0 unspecified atom stereocenters. The standard InChI is InChI=1S/C17H18N4O2S2/c22-21(23)13-3-4-15-16(12-13)25-17(18-15)20-9-7-19(8-10-20)6-5-14-2-1-11-24-14/h1-4,11-12H,5-10H2. The number of non-ortho nitro benzene ring substituents is 1. The molecule has 2 aromatic heterocycles. The van der Waals surface area contributed by atoms with Crippen molar-refractivity contribution in [3.63, 3.8) is 0 Å². The van der Waals surface area contributed by atoms with E-state index >= 15 is 0 Å². The molecule has 0 atom stereocenters. The van der Waals surface area contributed by atoms with E-state index in [9.17, 15) is 10.1 Å². The monoisotopic (exact) mass is 374 g/mol. The fourth-order valence-electron chi connectivity index (χ4n) is 3.04. The van der Waals surface area contributed by atoms with Gasteiger partial charge in [0.1, 0.15) is 0 Å². The van der Waals surface area contributed by atoms with E-state index in [-0.39, 0.29) is 10.6 Å². The van der Waals surface area contributed by atoms with Crippen LogP contribution in [0.15, 0.2) is 35.7 Å². The average Bonchev–Trinajstić information content (AvgIpc) is 3.29. The van der Waals surface area contributed by atoms with E-state index in [1.807, 2.05) is 11.3 Å². The largest absolute Gasteiger partial charge is 0.345 e. The number of hydrogen-bond acceptors (Lipinski definition) is 7. The number of rotatable bonds is 5. The lowest BCUT2D eigenvalue weighted by Gasteiger charge is -2.34. The summed E-state index contributed by atoms with van der Waals surface area (Å²) in [5.74, 6) is 0.